The van der Waals surface area contributed by atoms with Crippen LogP contribution in [-0.4, -0.2) is 37.7 Å². The van der Waals surface area contributed by atoms with Crippen LogP contribution in [0.2, 0.25) is 0 Å². The Morgan fingerprint density at radius 2 is 2.09 bits per heavy atom. The Morgan fingerprint density at radius 3 is 2.83 bits per heavy atom. The van der Waals surface area contributed by atoms with Crippen molar-refractivity contribution >= 4 is 5.96 Å². The second-order valence-corrected chi connectivity index (χ2v) is 4.98. The summed E-state index contributed by atoms with van der Waals surface area (Å²) in [4.78, 5) is 8.99. The summed E-state index contributed by atoms with van der Waals surface area (Å²) in [6, 6.07) is 9.84. The van der Waals surface area contributed by atoms with E-state index in [0.29, 0.717) is 12.4 Å². The topological polar surface area (TPSA) is 71.7 Å². The van der Waals surface area contributed by atoms with Gasteiger partial charge in [-0.3, -0.25) is 0 Å². The maximum Gasteiger partial charge on any atom is 0.226 e. The third-order valence-corrected chi connectivity index (χ3v) is 3.13. The number of aromatic nitrogens is 1. The maximum atomic E-state index is 5.52. The molecule has 6 heteroatoms. The molecule has 0 saturated carbocycles. The van der Waals surface area contributed by atoms with Crippen LogP contribution in [0.3, 0.4) is 0 Å². The zero-order valence-corrected chi connectivity index (χ0v) is 13.7. The van der Waals surface area contributed by atoms with Gasteiger partial charge in [0.05, 0.1) is 6.54 Å². The Kier molecular flexibility index (Phi) is 7.13. The minimum absolute atomic E-state index is 0.468. The molecule has 0 bridgehead atoms. The molecule has 0 spiro atoms. The van der Waals surface area contributed by atoms with E-state index in [0.717, 1.165) is 43.3 Å². The van der Waals surface area contributed by atoms with Gasteiger partial charge in [0.1, 0.15) is 12.0 Å². The molecule has 1 aromatic carbocycles. The van der Waals surface area contributed by atoms with Gasteiger partial charge in [0.2, 0.25) is 5.89 Å². The SMILES string of the molecule is CCNC(=NCc1coc(-c2ccccc2)n1)NCCCOC. The molecule has 0 aliphatic carbocycles. The fourth-order valence-corrected chi connectivity index (χ4v) is 2.02. The van der Waals surface area contributed by atoms with Crippen LogP contribution in [0.25, 0.3) is 11.5 Å². The van der Waals surface area contributed by atoms with Crippen LogP contribution in [-0.2, 0) is 11.3 Å². The molecule has 2 aromatic rings. The van der Waals surface area contributed by atoms with Crippen LogP contribution in [0.5, 0.6) is 0 Å². The van der Waals surface area contributed by atoms with Gasteiger partial charge in [-0.05, 0) is 25.5 Å². The highest BCUT2D eigenvalue weighted by molar-refractivity contribution is 5.79. The van der Waals surface area contributed by atoms with Gasteiger partial charge in [0, 0.05) is 32.4 Å². The largest absolute Gasteiger partial charge is 0.444 e. The number of aliphatic imine (C=N–C) groups is 1. The smallest absolute Gasteiger partial charge is 0.226 e. The first-order chi connectivity index (χ1) is 11.3. The van der Waals surface area contributed by atoms with Crippen molar-refractivity contribution in [3.8, 4) is 11.5 Å². The second-order valence-electron chi connectivity index (χ2n) is 4.98. The van der Waals surface area contributed by atoms with Crippen molar-refractivity contribution in [1.29, 1.82) is 0 Å². The lowest BCUT2D eigenvalue weighted by atomic mass is 10.2. The molecular weight excluding hydrogens is 292 g/mol. The number of ether oxygens (including phenoxy) is 1. The monoisotopic (exact) mass is 316 g/mol. The quantitative estimate of drug-likeness (QED) is 0.445. The van der Waals surface area contributed by atoms with Crippen LogP contribution in [0.15, 0.2) is 46.0 Å². The van der Waals surface area contributed by atoms with Crippen LogP contribution < -0.4 is 10.6 Å². The Labute approximate surface area is 137 Å². The van der Waals surface area contributed by atoms with Crippen molar-refractivity contribution in [1.82, 2.24) is 15.6 Å². The summed E-state index contributed by atoms with van der Waals surface area (Å²) in [6.45, 7) is 4.86. The van der Waals surface area contributed by atoms with Gasteiger partial charge in [-0.1, -0.05) is 18.2 Å². The van der Waals surface area contributed by atoms with Crippen LogP contribution in [0.1, 0.15) is 19.0 Å². The number of methoxy groups -OCH3 is 1. The van der Waals surface area contributed by atoms with Crippen LogP contribution in [0, 0.1) is 0 Å². The third kappa shape index (κ3) is 5.75. The van der Waals surface area contributed by atoms with E-state index < -0.39 is 0 Å². The number of benzene rings is 1. The Bertz CT molecular complexity index is 596. The fourth-order valence-electron chi connectivity index (χ4n) is 2.02. The number of guanidine groups is 1. The number of nitrogens with one attached hydrogen (secondary N) is 2. The molecule has 2 rings (SSSR count). The molecule has 0 amide bonds. The maximum absolute atomic E-state index is 5.52. The minimum atomic E-state index is 0.468. The molecule has 0 radical (unpaired) electrons. The first kappa shape index (κ1) is 17.0. The molecule has 6 nitrogen and oxygen atoms in total. The summed E-state index contributed by atoms with van der Waals surface area (Å²) in [5.41, 5.74) is 1.77. The highest BCUT2D eigenvalue weighted by Gasteiger charge is 2.06. The van der Waals surface area contributed by atoms with Gasteiger partial charge >= 0.3 is 0 Å². The molecule has 0 unspecified atom stereocenters. The van der Waals surface area contributed by atoms with Crippen molar-refractivity contribution in [3.63, 3.8) is 0 Å². The first-order valence-corrected chi connectivity index (χ1v) is 7.84. The van der Waals surface area contributed by atoms with E-state index in [1.54, 1.807) is 13.4 Å². The van der Waals surface area contributed by atoms with Crippen molar-refractivity contribution < 1.29 is 9.15 Å². The summed E-state index contributed by atoms with van der Waals surface area (Å²) in [5.74, 6) is 1.39. The van der Waals surface area contributed by atoms with Crippen molar-refractivity contribution in [2.24, 2.45) is 4.99 Å². The van der Waals surface area contributed by atoms with E-state index in [-0.39, 0.29) is 0 Å². The first-order valence-electron chi connectivity index (χ1n) is 7.84. The standard InChI is InChI=1S/C17H24N4O2/c1-3-18-17(19-10-7-11-22-2)20-12-15-13-23-16(21-15)14-8-5-4-6-9-14/h4-6,8-9,13H,3,7,10-12H2,1-2H3,(H2,18,19,20). The lowest BCUT2D eigenvalue weighted by molar-refractivity contribution is 0.195. The molecule has 0 saturated heterocycles. The van der Waals surface area contributed by atoms with Gasteiger partial charge in [-0.25, -0.2) is 9.98 Å². The summed E-state index contributed by atoms with van der Waals surface area (Å²) in [7, 11) is 1.70. The normalized spacial score (nSPS) is 11.5. The van der Waals surface area contributed by atoms with Crippen LogP contribution in [0.4, 0.5) is 0 Å². The Morgan fingerprint density at radius 1 is 1.26 bits per heavy atom. The molecule has 0 fully saturated rings. The van der Waals surface area contributed by atoms with E-state index in [1.165, 1.54) is 0 Å². The van der Waals surface area contributed by atoms with Gasteiger partial charge in [-0.2, -0.15) is 0 Å². The molecular formula is C17H24N4O2. The average molecular weight is 316 g/mol. The van der Waals surface area contributed by atoms with E-state index in [9.17, 15) is 0 Å². The highest BCUT2D eigenvalue weighted by atomic mass is 16.5. The lowest BCUT2D eigenvalue weighted by Gasteiger charge is -2.10. The van der Waals surface area contributed by atoms with Gasteiger partial charge < -0.3 is 19.8 Å². The van der Waals surface area contributed by atoms with E-state index in [2.05, 4.69) is 20.6 Å². The Balaban J connectivity index is 1.92. The number of oxazole rings is 1. The number of nitrogens with zero attached hydrogens (tertiary/aromatic N) is 2. The molecule has 124 valence electrons. The molecule has 1 heterocycles. The van der Waals surface area contributed by atoms with Crippen molar-refractivity contribution in [2.45, 2.75) is 19.9 Å². The molecule has 2 N–H and O–H groups in total. The zero-order chi connectivity index (χ0) is 16.3. The van der Waals surface area contributed by atoms with E-state index in [1.807, 2.05) is 37.3 Å². The highest BCUT2D eigenvalue weighted by Crippen LogP contribution is 2.18. The summed E-state index contributed by atoms with van der Waals surface area (Å²) < 4.78 is 10.6. The fraction of sp³-hybridized carbons (Fsp3) is 0.412. The number of hydrogen-bond donors (Lipinski definition) is 2. The predicted molar refractivity (Wildman–Crippen MR) is 91.3 cm³/mol. The average Bonchev–Trinajstić information content (AvgIpc) is 3.06. The van der Waals surface area contributed by atoms with Crippen molar-refractivity contribution in [3.05, 3.63) is 42.3 Å². The van der Waals surface area contributed by atoms with E-state index in [4.69, 9.17) is 9.15 Å². The summed E-state index contributed by atoms with van der Waals surface area (Å²) in [5, 5.41) is 6.47. The van der Waals surface area contributed by atoms with Gasteiger partial charge in [-0.15, -0.1) is 0 Å². The molecule has 1 aromatic heterocycles. The van der Waals surface area contributed by atoms with Gasteiger partial charge in [0.15, 0.2) is 5.96 Å². The van der Waals surface area contributed by atoms with Gasteiger partial charge in [0.25, 0.3) is 0 Å². The predicted octanol–water partition coefficient (Wildman–Crippen LogP) is 2.43. The third-order valence-electron chi connectivity index (χ3n) is 3.13. The lowest BCUT2D eigenvalue weighted by Crippen LogP contribution is -2.38. The Hall–Kier alpha value is -2.34. The zero-order valence-electron chi connectivity index (χ0n) is 13.7. The molecule has 0 aliphatic heterocycles. The number of hydrogen-bond acceptors (Lipinski definition) is 4. The number of rotatable bonds is 8. The molecule has 23 heavy (non-hydrogen) atoms. The molecule has 0 aliphatic rings. The van der Waals surface area contributed by atoms with Crippen LogP contribution >= 0.6 is 0 Å². The summed E-state index contributed by atoms with van der Waals surface area (Å²) >= 11 is 0. The molecule has 0 atom stereocenters. The van der Waals surface area contributed by atoms with Crippen molar-refractivity contribution in [2.75, 3.05) is 26.8 Å². The summed E-state index contributed by atoms with van der Waals surface area (Å²) in [6.07, 6.45) is 2.59. The second kappa shape index (κ2) is 9.63. The minimum Gasteiger partial charge on any atom is -0.444 e. The van der Waals surface area contributed by atoms with E-state index >= 15 is 0 Å².